The minimum atomic E-state index is -0.425. The van der Waals surface area contributed by atoms with E-state index in [4.69, 9.17) is 4.84 Å². The minimum absolute atomic E-state index is 0.0328. The van der Waals surface area contributed by atoms with Crippen molar-refractivity contribution in [1.29, 1.82) is 0 Å². The van der Waals surface area contributed by atoms with Crippen LogP contribution in [-0.2, 0) is 22.6 Å². The van der Waals surface area contributed by atoms with Gasteiger partial charge in [0.2, 0.25) is 0 Å². The summed E-state index contributed by atoms with van der Waals surface area (Å²) < 4.78 is 2.29. The second-order valence-electron chi connectivity index (χ2n) is 8.77. The molecule has 0 fully saturated rings. The molecule has 166 valence electrons. The van der Waals surface area contributed by atoms with E-state index in [1.165, 1.54) is 12.5 Å². The molecule has 4 aromatic rings. The van der Waals surface area contributed by atoms with Crippen molar-refractivity contribution in [3.63, 3.8) is 0 Å². The Kier molecular flexibility index (Phi) is 5.12. The molecule has 0 saturated carbocycles. The number of oxime groups is 1. The molecular weight excluding hydrogens is 412 g/mol. The van der Waals surface area contributed by atoms with Crippen LogP contribution in [0.15, 0.2) is 59.8 Å². The smallest absolute Gasteiger partial charge is 0.331 e. The second kappa shape index (κ2) is 8.00. The largest absolute Gasteiger partial charge is 0.341 e. The summed E-state index contributed by atoms with van der Waals surface area (Å²) in [5, 5.41) is 6.39. The third-order valence-corrected chi connectivity index (χ3v) is 6.63. The first-order chi connectivity index (χ1) is 15.9. The maximum absolute atomic E-state index is 13.3. The number of carbonyl (C=O) groups excluding carboxylic acids is 2. The summed E-state index contributed by atoms with van der Waals surface area (Å²) in [6.45, 7) is 8.38. The van der Waals surface area contributed by atoms with Crippen LogP contribution in [0.1, 0.15) is 53.4 Å². The van der Waals surface area contributed by atoms with Crippen LogP contribution >= 0.6 is 0 Å². The number of nitrogens with zero attached hydrogens (tertiary/aromatic N) is 2. The summed E-state index contributed by atoms with van der Waals surface area (Å²) in [6, 6.07) is 17.9. The van der Waals surface area contributed by atoms with Crippen LogP contribution in [0.25, 0.3) is 21.8 Å². The monoisotopic (exact) mass is 438 g/mol. The fraction of sp³-hybridized carbons (Fsp3) is 0.250. The van der Waals surface area contributed by atoms with E-state index < -0.39 is 5.97 Å². The minimum Gasteiger partial charge on any atom is -0.341 e. The van der Waals surface area contributed by atoms with E-state index in [9.17, 15) is 9.59 Å². The predicted octanol–water partition coefficient (Wildman–Crippen LogP) is 5.81. The Hall–Kier alpha value is -3.73. The van der Waals surface area contributed by atoms with E-state index in [1.54, 1.807) is 0 Å². The maximum atomic E-state index is 13.3. The number of hydrogen-bond acceptors (Lipinski definition) is 4. The molecule has 5 heteroatoms. The second-order valence-corrected chi connectivity index (χ2v) is 8.77. The van der Waals surface area contributed by atoms with Gasteiger partial charge in [0.15, 0.2) is 5.78 Å². The van der Waals surface area contributed by atoms with Crippen LogP contribution in [0.5, 0.6) is 0 Å². The molecule has 0 radical (unpaired) electrons. The fourth-order valence-electron chi connectivity index (χ4n) is 5.10. The van der Waals surface area contributed by atoms with Gasteiger partial charge in [-0.05, 0) is 55.7 Å². The summed E-state index contributed by atoms with van der Waals surface area (Å²) in [5.41, 5.74) is 7.65. The van der Waals surface area contributed by atoms with E-state index in [0.717, 1.165) is 57.2 Å². The molecule has 1 heterocycles. The van der Waals surface area contributed by atoms with Gasteiger partial charge in [-0.1, -0.05) is 42.4 Å². The topological polar surface area (TPSA) is 60.7 Å². The van der Waals surface area contributed by atoms with Crippen molar-refractivity contribution in [3.05, 3.63) is 82.4 Å². The standard InChI is InChI=1S/C28H26N2O3/c1-5-30-24-12-10-19(28(32)20-9-7-6-8-16(20)2)15-23(24)26-22-14-17(3)27(29-33-18(4)31)21(22)11-13-25(26)30/h6-13,15,17H,5,14H2,1-4H3. The Bertz CT molecular complexity index is 1480. The molecule has 0 spiro atoms. The van der Waals surface area contributed by atoms with Gasteiger partial charge in [0.1, 0.15) is 0 Å². The number of carbonyl (C=O) groups is 2. The molecule has 1 aliphatic rings. The van der Waals surface area contributed by atoms with E-state index >= 15 is 0 Å². The van der Waals surface area contributed by atoms with Crippen molar-refractivity contribution in [2.24, 2.45) is 11.1 Å². The van der Waals surface area contributed by atoms with Gasteiger partial charge in [-0.25, -0.2) is 4.79 Å². The number of hydrogen-bond donors (Lipinski definition) is 0. The Morgan fingerprint density at radius 2 is 1.85 bits per heavy atom. The Balaban J connectivity index is 1.74. The molecule has 1 aliphatic carbocycles. The molecule has 5 rings (SSSR count). The van der Waals surface area contributed by atoms with Gasteiger partial charge < -0.3 is 9.40 Å². The molecule has 5 nitrogen and oxygen atoms in total. The van der Waals surface area contributed by atoms with Gasteiger partial charge in [0.05, 0.1) is 5.71 Å². The molecule has 3 aromatic carbocycles. The summed E-state index contributed by atoms with van der Waals surface area (Å²) in [6.07, 6.45) is 0.811. The quantitative estimate of drug-likeness (QED) is 0.229. The first-order valence-electron chi connectivity index (χ1n) is 11.3. The SMILES string of the molecule is CCn1c2ccc(C(=O)c3ccccc3C)cc2c2c3c(ccc21)C(=NOC(C)=O)C(C)C3. The van der Waals surface area contributed by atoms with Crippen LogP contribution in [0.2, 0.25) is 0 Å². The van der Waals surface area contributed by atoms with Crippen molar-refractivity contribution < 1.29 is 14.4 Å². The molecule has 0 aliphatic heterocycles. The number of fused-ring (bicyclic) bond motifs is 5. The van der Waals surface area contributed by atoms with Crippen LogP contribution in [0.4, 0.5) is 0 Å². The van der Waals surface area contributed by atoms with Crippen molar-refractivity contribution in [2.45, 2.75) is 40.7 Å². The lowest BCUT2D eigenvalue weighted by molar-refractivity contribution is -0.140. The van der Waals surface area contributed by atoms with Crippen molar-refractivity contribution >= 4 is 39.3 Å². The van der Waals surface area contributed by atoms with E-state index in [2.05, 4.69) is 41.8 Å². The molecule has 0 saturated heterocycles. The third-order valence-electron chi connectivity index (χ3n) is 6.63. The lowest BCUT2D eigenvalue weighted by atomic mass is 9.96. The molecule has 1 atom stereocenters. The van der Waals surface area contributed by atoms with Crippen molar-refractivity contribution in [3.8, 4) is 0 Å². The molecule has 1 aromatic heterocycles. The summed E-state index contributed by atoms with van der Waals surface area (Å²) >= 11 is 0. The van der Waals surface area contributed by atoms with E-state index in [-0.39, 0.29) is 11.7 Å². The average Bonchev–Trinajstić information content (AvgIpc) is 3.30. The molecule has 33 heavy (non-hydrogen) atoms. The number of aromatic nitrogens is 1. The molecular formula is C28H26N2O3. The van der Waals surface area contributed by atoms with Crippen LogP contribution < -0.4 is 0 Å². The van der Waals surface area contributed by atoms with Gasteiger partial charge in [-0.3, -0.25) is 4.79 Å². The first-order valence-corrected chi connectivity index (χ1v) is 11.3. The average molecular weight is 439 g/mol. The van der Waals surface area contributed by atoms with Gasteiger partial charge in [-0.2, -0.15) is 0 Å². The fourth-order valence-corrected chi connectivity index (χ4v) is 5.10. The van der Waals surface area contributed by atoms with Gasteiger partial charge in [0.25, 0.3) is 0 Å². The Morgan fingerprint density at radius 3 is 2.58 bits per heavy atom. The Labute approximate surface area is 192 Å². The zero-order chi connectivity index (χ0) is 23.3. The zero-order valence-electron chi connectivity index (χ0n) is 19.3. The highest BCUT2D eigenvalue weighted by atomic mass is 16.7. The van der Waals surface area contributed by atoms with E-state index in [1.807, 2.05) is 43.3 Å². The van der Waals surface area contributed by atoms with Crippen LogP contribution in [0, 0.1) is 12.8 Å². The molecule has 1 unspecified atom stereocenters. The van der Waals surface area contributed by atoms with Crippen molar-refractivity contribution in [2.75, 3.05) is 0 Å². The lowest BCUT2D eigenvalue weighted by Gasteiger charge is -2.06. The third kappa shape index (κ3) is 3.35. The highest BCUT2D eigenvalue weighted by molar-refractivity contribution is 6.19. The number of aryl methyl sites for hydroxylation is 2. The summed E-state index contributed by atoms with van der Waals surface area (Å²) in [4.78, 5) is 29.7. The number of ketones is 1. The van der Waals surface area contributed by atoms with Gasteiger partial charge >= 0.3 is 5.97 Å². The Morgan fingerprint density at radius 1 is 1.09 bits per heavy atom. The summed E-state index contributed by atoms with van der Waals surface area (Å²) in [7, 11) is 0. The van der Waals surface area contributed by atoms with Gasteiger partial charge in [0, 0.05) is 57.9 Å². The van der Waals surface area contributed by atoms with Crippen LogP contribution in [-0.4, -0.2) is 22.0 Å². The highest BCUT2D eigenvalue weighted by Crippen LogP contribution is 2.39. The first kappa shape index (κ1) is 21.1. The molecule has 0 bridgehead atoms. The van der Waals surface area contributed by atoms with Crippen molar-refractivity contribution in [1.82, 2.24) is 4.57 Å². The summed E-state index contributed by atoms with van der Waals surface area (Å²) in [5.74, 6) is -0.251. The lowest BCUT2D eigenvalue weighted by Crippen LogP contribution is -2.07. The number of rotatable bonds is 4. The molecule has 0 amide bonds. The van der Waals surface area contributed by atoms with E-state index in [0.29, 0.717) is 5.56 Å². The predicted molar refractivity (Wildman–Crippen MR) is 131 cm³/mol. The van der Waals surface area contributed by atoms with Gasteiger partial charge in [-0.15, -0.1) is 0 Å². The normalized spacial score (nSPS) is 16.5. The maximum Gasteiger partial charge on any atom is 0.331 e. The zero-order valence-corrected chi connectivity index (χ0v) is 19.3. The molecule has 0 N–H and O–H groups in total. The van der Waals surface area contributed by atoms with Crippen LogP contribution in [0.3, 0.4) is 0 Å². The number of benzene rings is 3. The highest BCUT2D eigenvalue weighted by Gasteiger charge is 2.30.